The summed E-state index contributed by atoms with van der Waals surface area (Å²) in [5, 5.41) is 5.09. The fourth-order valence-electron chi connectivity index (χ4n) is 7.55. The van der Waals surface area contributed by atoms with Crippen LogP contribution in [0.15, 0.2) is 11.4 Å². The number of aromatic nitrogens is 3. The van der Waals surface area contributed by atoms with Crippen molar-refractivity contribution in [2.45, 2.75) is 60.3 Å². The summed E-state index contributed by atoms with van der Waals surface area (Å²) in [6, 6.07) is 0. The van der Waals surface area contributed by atoms with E-state index in [0.717, 1.165) is 57.5 Å². The van der Waals surface area contributed by atoms with Gasteiger partial charge in [-0.15, -0.1) is 0 Å². The van der Waals surface area contributed by atoms with Gasteiger partial charge in [0, 0.05) is 68.8 Å². The molecule has 3 aromatic heterocycles. The number of carbonyl (C=O) groups is 4. The second-order valence-electron chi connectivity index (χ2n) is 12.3. The average Bonchev–Trinajstić information content (AvgIpc) is 3.79. The van der Waals surface area contributed by atoms with Crippen LogP contribution in [0.1, 0.15) is 99.4 Å². The maximum Gasteiger partial charge on any atom is 0.321 e. The maximum atomic E-state index is 14.1. The van der Waals surface area contributed by atoms with Crippen molar-refractivity contribution in [1.82, 2.24) is 20.3 Å². The fourth-order valence-corrected chi connectivity index (χ4v) is 7.55. The number of hydrogen-bond donors (Lipinski definition) is 4. The second kappa shape index (κ2) is 11.8. The van der Waals surface area contributed by atoms with E-state index in [9.17, 15) is 19.2 Å². The van der Waals surface area contributed by atoms with Crippen molar-refractivity contribution in [1.29, 1.82) is 0 Å². The first kappa shape index (κ1) is 31.1. The van der Waals surface area contributed by atoms with E-state index in [1.165, 1.54) is 14.2 Å². The summed E-state index contributed by atoms with van der Waals surface area (Å²) in [4.78, 5) is 62.7. The van der Waals surface area contributed by atoms with Crippen molar-refractivity contribution in [3.8, 4) is 0 Å². The SMILES string of the molecule is CCc1c2[nH]c(c1C)C=C1NC(=C3c4[nH]c(c(C)c4C(=O)[C@@H]3C(=O)OC)C=c3[nH]c(c(C=O)c3CC)=C2)[C@H](CCC(=O)OC)[C@@H]1C. The Morgan fingerprint density at radius 1 is 0.891 bits per heavy atom. The van der Waals surface area contributed by atoms with Crippen LogP contribution in [-0.4, -0.2) is 53.2 Å². The molecule has 0 spiro atoms. The van der Waals surface area contributed by atoms with Crippen molar-refractivity contribution in [2.24, 2.45) is 17.8 Å². The van der Waals surface area contributed by atoms with Gasteiger partial charge in [-0.3, -0.25) is 19.2 Å². The van der Waals surface area contributed by atoms with E-state index in [1.807, 2.05) is 26.0 Å². The molecule has 10 nitrogen and oxygen atoms in total. The lowest BCUT2D eigenvalue weighted by molar-refractivity contribution is -0.142. The largest absolute Gasteiger partial charge is 0.469 e. The number of rotatable bonds is 7. The fraction of sp³-hybridized carbons (Fsp3) is 0.389. The maximum absolute atomic E-state index is 14.1. The molecule has 4 N–H and O–H groups in total. The van der Waals surface area contributed by atoms with Crippen LogP contribution in [0, 0.1) is 31.6 Å². The Balaban J connectivity index is 1.73. The predicted molar refractivity (Wildman–Crippen MR) is 174 cm³/mol. The van der Waals surface area contributed by atoms with E-state index in [4.69, 9.17) is 9.47 Å². The Labute approximate surface area is 267 Å². The van der Waals surface area contributed by atoms with Gasteiger partial charge in [-0.2, -0.15) is 0 Å². The summed E-state index contributed by atoms with van der Waals surface area (Å²) in [5.74, 6) is -2.75. The lowest BCUT2D eigenvalue weighted by atomic mass is 9.85. The molecule has 5 heterocycles. The monoisotopic (exact) mass is 624 g/mol. The number of aromatic amines is 3. The smallest absolute Gasteiger partial charge is 0.321 e. The van der Waals surface area contributed by atoms with Crippen LogP contribution in [0.25, 0.3) is 23.8 Å². The summed E-state index contributed by atoms with van der Waals surface area (Å²) in [7, 11) is 2.65. The summed E-state index contributed by atoms with van der Waals surface area (Å²) in [6.07, 6.45) is 8.93. The van der Waals surface area contributed by atoms with Crippen molar-refractivity contribution in [2.75, 3.05) is 14.2 Å². The molecule has 3 aromatic rings. The highest BCUT2D eigenvalue weighted by molar-refractivity contribution is 6.24. The lowest BCUT2D eigenvalue weighted by Crippen LogP contribution is -2.25. The molecule has 3 atom stereocenters. The molecule has 8 bridgehead atoms. The van der Waals surface area contributed by atoms with Gasteiger partial charge in [-0.1, -0.05) is 20.8 Å². The molecule has 1 saturated heterocycles. The molecule has 46 heavy (non-hydrogen) atoms. The minimum Gasteiger partial charge on any atom is -0.469 e. The number of ether oxygens (including phenoxy) is 2. The lowest BCUT2D eigenvalue weighted by Gasteiger charge is -2.19. The Morgan fingerprint density at radius 3 is 2.24 bits per heavy atom. The number of esters is 2. The zero-order valence-corrected chi connectivity index (χ0v) is 27.3. The number of hydrogen-bond acceptors (Lipinski definition) is 7. The summed E-state index contributed by atoms with van der Waals surface area (Å²) >= 11 is 0. The van der Waals surface area contributed by atoms with E-state index < -0.39 is 11.9 Å². The van der Waals surface area contributed by atoms with Gasteiger partial charge in [-0.25, -0.2) is 0 Å². The minimum atomic E-state index is -1.15. The number of methoxy groups -OCH3 is 2. The molecule has 1 fully saturated rings. The molecule has 1 aliphatic carbocycles. The number of fused-ring (bicyclic) bond motifs is 7. The van der Waals surface area contributed by atoms with Crippen molar-refractivity contribution in [3.63, 3.8) is 0 Å². The molecule has 240 valence electrons. The van der Waals surface area contributed by atoms with Crippen LogP contribution in [0.5, 0.6) is 0 Å². The third-order valence-electron chi connectivity index (χ3n) is 10.1. The average molecular weight is 625 g/mol. The number of H-pyrrole nitrogens is 3. The third kappa shape index (κ3) is 4.69. The van der Waals surface area contributed by atoms with Crippen molar-refractivity contribution >= 4 is 47.8 Å². The van der Waals surface area contributed by atoms with Crippen molar-refractivity contribution < 1.29 is 28.7 Å². The molecule has 2 aliphatic heterocycles. The molecule has 0 aromatic carbocycles. The molecule has 0 saturated carbocycles. The normalized spacial score (nSPS) is 19.8. The summed E-state index contributed by atoms with van der Waals surface area (Å²) in [5.41, 5.74) is 10.1. The van der Waals surface area contributed by atoms with Crippen LogP contribution < -0.4 is 16.0 Å². The van der Waals surface area contributed by atoms with Gasteiger partial charge < -0.3 is 29.7 Å². The Morgan fingerprint density at radius 2 is 1.59 bits per heavy atom. The zero-order valence-electron chi connectivity index (χ0n) is 27.3. The van der Waals surface area contributed by atoms with Crippen molar-refractivity contribution in [3.05, 3.63) is 78.2 Å². The molecule has 10 heteroatoms. The molecule has 6 rings (SSSR count). The van der Waals surface area contributed by atoms with Gasteiger partial charge in [0.1, 0.15) is 5.92 Å². The number of Topliss-reactive ketones (excluding diaryl/α,β-unsaturated/α-hetero) is 1. The van der Waals surface area contributed by atoms with Gasteiger partial charge in [0.15, 0.2) is 12.1 Å². The number of aldehydes is 1. The summed E-state index contributed by atoms with van der Waals surface area (Å²) < 4.78 is 10.1. The predicted octanol–water partition coefficient (Wildman–Crippen LogP) is 3.74. The first-order chi connectivity index (χ1) is 22.1. The van der Waals surface area contributed by atoms with E-state index in [2.05, 4.69) is 47.1 Å². The Bertz CT molecular complexity index is 2000. The number of allylic oxidation sites excluding steroid dienone is 2. The highest BCUT2D eigenvalue weighted by Crippen LogP contribution is 2.48. The Hall–Kier alpha value is -4.86. The Kier molecular flexibility index (Phi) is 8.00. The molecular formula is C36H40N4O6. The van der Waals surface area contributed by atoms with E-state index in [1.54, 1.807) is 0 Å². The van der Waals surface area contributed by atoms with E-state index in [-0.39, 0.29) is 30.0 Å². The van der Waals surface area contributed by atoms with Gasteiger partial charge in [0.25, 0.3) is 0 Å². The van der Waals surface area contributed by atoms with Crippen LogP contribution >= 0.6 is 0 Å². The number of carbonyl (C=O) groups excluding carboxylic acids is 4. The first-order valence-electron chi connectivity index (χ1n) is 15.8. The van der Waals surface area contributed by atoms with Gasteiger partial charge in [0.05, 0.1) is 25.3 Å². The number of ketones is 1. The van der Waals surface area contributed by atoms with Crippen LogP contribution in [-0.2, 0) is 31.9 Å². The van der Waals surface area contributed by atoms with Crippen LogP contribution in [0.4, 0.5) is 0 Å². The minimum absolute atomic E-state index is 0.0816. The topological polar surface area (TPSA) is 146 Å². The van der Waals surface area contributed by atoms with E-state index >= 15 is 0 Å². The van der Waals surface area contributed by atoms with Crippen LogP contribution in [0.2, 0.25) is 0 Å². The van der Waals surface area contributed by atoms with Gasteiger partial charge in [0.2, 0.25) is 0 Å². The van der Waals surface area contributed by atoms with Gasteiger partial charge >= 0.3 is 11.9 Å². The quantitative estimate of drug-likeness (QED) is 0.178. The highest BCUT2D eigenvalue weighted by atomic mass is 16.5. The first-order valence-corrected chi connectivity index (χ1v) is 15.8. The molecule has 0 radical (unpaired) electrons. The molecule has 0 unspecified atom stereocenters. The standard InChI is InChI=1S/C36H40N4O6/c1-8-19-16(3)23-12-24-17(4)21(10-11-29(42)45-6)33(39-24)31-32(36(44)46-7)35(43)30-18(5)25(40-34(30)31)13-27-20(9-2)22(15-41)28(38-27)14-26(19)37-23/h12-15,17,21,32,37-40H,8-11H2,1-7H3/t17-,21+,32+/m0/s1. The second-order valence-corrected chi connectivity index (χ2v) is 12.3. The van der Waals surface area contributed by atoms with Gasteiger partial charge in [-0.05, 0) is 73.6 Å². The molecular weight excluding hydrogens is 584 g/mol. The highest BCUT2D eigenvalue weighted by Gasteiger charge is 2.48. The van der Waals surface area contributed by atoms with E-state index in [0.29, 0.717) is 51.8 Å². The third-order valence-corrected chi connectivity index (χ3v) is 10.1. The summed E-state index contributed by atoms with van der Waals surface area (Å²) in [6.45, 7) is 10.1. The zero-order chi connectivity index (χ0) is 33.0. The molecule has 0 amide bonds. The number of nitrogens with one attached hydrogen (secondary N) is 4. The molecule has 3 aliphatic rings. The van der Waals surface area contributed by atoms with Crippen LogP contribution in [0.3, 0.4) is 0 Å².